The topological polar surface area (TPSA) is 70.6 Å². The second-order valence-electron chi connectivity index (χ2n) is 9.55. The number of hydrogen-bond acceptors (Lipinski definition) is 6. The highest BCUT2D eigenvalue weighted by atomic mass is 35.5. The maximum absolute atomic E-state index is 13.1. The fourth-order valence-corrected chi connectivity index (χ4v) is 6.03. The molecule has 1 amide bonds. The molecule has 3 aromatic rings. The third kappa shape index (κ3) is 3.73. The SMILES string of the molecule is CC(C)N1CCc2cc(Nc3ncc4c(n3)OCN(c3c(Cl)cccc3Cl)C4=O)ccc2C12CC2. The van der Waals surface area contributed by atoms with Crippen molar-refractivity contribution in [3.8, 4) is 5.88 Å². The Hall–Kier alpha value is -2.87. The summed E-state index contributed by atoms with van der Waals surface area (Å²) < 4.78 is 5.80. The van der Waals surface area contributed by atoms with Crippen LogP contribution in [0.15, 0.2) is 42.6 Å². The molecule has 1 aliphatic carbocycles. The number of anilines is 3. The summed E-state index contributed by atoms with van der Waals surface area (Å²) in [7, 11) is 0. The largest absolute Gasteiger partial charge is 0.455 e. The minimum Gasteiger partial charge on any atom is -0.455 e. The van der Waals surface area contributed by atoms with Crippen LogP contribution in [0.4, 0.5) is 17.3 Å². The molecule has 2 aliphatic heterocycles. The molecule has 1 fully saturated rings. The minimum absolute atomic E-state index is 0.0426. The van der Waals surface area contributed by atoms with E-state index in [1.165, 1.54) is 35.1 Å². The van der Waals surface area contributed by atoms with Gasteiger partial charge < -0.3 is 10.1 Å². The molecule has 7 nitrogen and oxygen atoms in total. The van der Waals surface area contributed by atoms with E-state index in [1.54, 1.807) is 18.2 Å². The van der Waals surface area contributed by atoms with Crippen LogP contribution < -0.4 is 15.0 Å². The van der Waals surface area contributed by atoms with Crippen molar-refractivity contribution in [1.29, 1.82) is 0 Å². The number of halogens is 2. The number of rotatable bonds is 4. The van der Waals surface area contributed by atoms with Crippen molar-refractivity contribution in [1.82, 2.24) is 14.9 Å². The van der Waals surface area contributed by atoms with Crippen LogP contribution in [-0.2, 0) is 12.0 Å². The van der Waals surface area contributed by atoms with Crippen molar-refractivity contribution in [3.05, 3.63) is 69.3 Å². The third-order valence-corrected chi connectivity index (χ3v) is 7.76. The summed E-state index contributed by atoms with van der Waals surface area (Å²) in [5.41, 5.74) is 4.62. The smallest absolute Gasteiger partial charge is 0.268 e. The van der Waals surface area contributed by atoms with Gasteiger partial charge in [-0.3, -0.25) is 14.6 Å². The molecule has 3 heterocycles. The fourth-order valence-electron chi connectivity index (χ4n) is 5.42. The van der Waals surface area contributed by atoms with E-state index < -0.39 is 0 Å². The van der Waals surface area contributed by atoms with Crippen molar-refractivity contribution < 1.29 is 9.53 Å². The second kappa shape index (κ2) is 8.36. The molecule has 9 heteroatoms. The minimum atomic E-state index is -0.314. The highest BCUT2D eigenvalue weighted by Gasteiger charge is 2.52. The van der Waals surface area contributed by atoms with E-state index >= 15 is 0 Å². The molecule has 0 bridgehead atoms. The normalized spacial score (nSPS) is 18.3. The number of hydrogen-bond donors (Lipinski definition) is 1. The van der Waals surface area contributed by atoms with Gasteiger partial charge in [0.25, 0.3) is 5.91 Å². The van der Waals surface area contributed by atoms with Gasteiger partial charge in [-0.1, -0.05) is 35.3 Å². The number of nitrogens with zero attached hydrogens (tertiary/aromatic N) is 4. The summed E-state index contributed by atoms with van der Waals surface area (Å²) in [4.78, 5) is 26.0. The first-order valence-electron chi connectivity index (χ1n) is 11.8. The van der Waals surface area contributed by atoms with Crippen molar-refractivity contribution in [2.45, 2.75) is 44.7 Å². The average Bonchev–Trinajstić information content (AvgIpc) is 3.61. The molecule has 35 heavy (non-hydrogen) atoms. The van der Waals surface area contributed by atoms with Crippen LogP contribution in [0, 0.1) is 0 Å². The van der Waals surface area contributed by atoms with Crippen LogP contribution in [0.25, 0.3) is 0 Å². The fraction of sp³-hybridized carbons (Fsp3) is 0.346. The second-order valence-corrected chi connectivity index (χ2v) is 10.4. The molecular formula is C26H25Cl2N5O2. The third-order valence-electron chi connectivity index (χ3n) is 7.15. The van der Waals surface area contributed by atoms with E-state index in [9.17, 15) is 4.79 Å². The number of amides is 1. The summed E-state index contributed by atoms with van der Waals surface area (Å²) in [5, 5.41) is 4.02. The lowest BCUT2D eigenvalue weighted by Gasteiger charge is -2.41. The monoisotopic (exact) mass is 509 g/mol. The Morgan fingerprint density at radius 3 is 2.63 bits per heavy atom. The first-order chi connectivity index (χ1) is 16.9. The zero-order chi connectivity index (χ0) is 24.3. The number of nitrogens with one attached hydrogen (secondary N) is 1. The zero-order valence-electron chi connectivity index (χ0n) is 19.5. The number of benzene rings is 2. The maximum atomic E-state index is 13.1. The van der Waals surface area contributed by atoms with Crippen molar-refractivity contribution in [2.24, 2.45) is 0 Å². The Morgan fingerprint density at radius 1 is 1.14 bits per heavy atom. The van der Waals surface area contributed by atoms with Crippen molar-refractivity contribution in [3.63, 3.8) is 0 Å². The number of aromatic nitrogens is 2. The molecule has 1 aromatic heterocycles. The zero-order valence-corrected chi connectivity index (χ0v) is 21.0. The lowest BCUT2D eigenvalue weighted by molar-refractivity contribution is 0.0932. The van der Waals surface area contributed by atoms with Gasteiger partial charge in [-0.25, -0.2) is 4.98 Å². The van der Waals surface area contributed by atoms with Gasteiger partial charge in [0, 0.05) is 30.0 Å². The van der Waals surface area contributed by atoms with E-state index in [-0.39, 0.29) is 29.6 Å². The Bertz CT molecular complexity index is 1320. The molecule has 1 N–H and O–H groups in total. The van der Waals surface area contributed by atoms with Gasteiger partial charge >= 0.3 is 0 Å². The first-order valence-corrected chi connectivity index (χ1v) is 12.6. The van der Waals surface area contributed by atoms with E-state index in [1.807, 2.05) is 0 Å². The number of para-hydroxylation sites is 1. The van der Waals surface area contributed by atoms with E-state index in [2.05, 4.69) is 52.2 Å². The summed E-state index contributed by atoms with van der Waals surface area (Å²) in [6, 6.07) is 12.1. The quantitative estimate of drug-likeness (QED) is 0.480. The average molecular weight is 510 g/mol. The summed E-state index contributed by atoms with van der Waals surface area (Å²) in [6.45, 7) is 5.59. The van der Waals surface area contributed by atoms with Crippen molar-refractivity contribution >= 4 is 46.4 Å². The Morgan fingerprint density at radius 2 is 1.91 bits per heavy atom. The van der Waals surface area contributed by atoms with Gasteiger partial charge in [0.2, 0.25) is 11.8 Å². The number of fused-ring (bicyclic) bond motifs is 3. The van der Waals surface area contributed by atoms with Gasteiger partial charge in [-0.05, 0) is 68.5 Å². The van der Waals surface area contributed by atoms with Crippen LogP contribution >= 0.6 is 23.2 Å². The summed E-state index contributed by atoms with van der Waals surface area (Å²) in [5.74, 6) is 0.293. The molecular weight excluding hydrogens is 485 g/mol. The first kappa shape index (κ1) is 22.6. The van der Waals surface area contributed by atoms with Crippen LogP contribution in [0.1, 0.15) is 48.2 Å². The number of carbonyl (C=O) groups excluding carboxylic acids is 1. The van der Waals surface area contributed by atoms with Crippen molar-refractivity contribution in [2.75, 3.05) is 23.5 Å². The summed E-state index contributed by atoms with van der Waals surface area (Å²) >= 11 is 12.6. The Balaban J connectivity index is 1.23. The molecule has 2 aromatic carbocycles. The summed E-state index contributed by atoms with van der Waals surface area (Å²) in [6.07, 6.45) is 4.94. The highest BCUT2D eigenvalue weighted by molar-refractivity contribution is 6.40. The molecule has 3 aliphatic rings. The van der Waals surface area contributed by atoms with Crippen LogP contribution in [0.5, 0.6) is 5.88 Å². The molecule has 1 spiro atoms. The maximum Gasteiger partial charge on any atom is 0.268 e. The standard InChI is InChI=1S/C26H25Cl2N5O2/c1-15(2)33-11-8-16-12-17(6-7-19(16)26(33)9-10-26)30-25-29-13-18-23(31-25)35-14-32(24(18)34)22-20(27)4-3-5-21(22)28/h3-7,12-13,15H,8-11,14H2,1-2H3,(H,29,30,31). The lowest BCUT2D eigenvalue weighted by Crippen LogP contribution is -2.45. The lowest BCUT2D eigenvalue weighted by atomic mass is 9.89. The molecule has 6 rings (SSSR count). The molecule has 0 radical (unpaired) electrons. The molecule has 0 unspecified atom stereocenters. The van der Waals surface area contributed by atoms with Gasteiger partial charge in [0.1, 0.15) is 5.56 Å². The Labute approximate surface area is 214 Å². The molecule has 1 saturated carbocycles. The number of carbonyl (C=O) groups is 1. The van der Waals surface area contributed by atoms with Gasteiger partial charge in [0.05, 0.1) is 15.7 Å². The van der Waals surface area contributed by atoms with E-state index in [0.717, 1.165) is 18.7 Å². The van der Waals surface area contributed by atoms with Gasteiger partial charge in [-0.2, -0.15) is 4.98 Å². The number of ether oxygens (including phenoxy) is 1. The van der Waals surface area contributed by atoms with E-state index in [0.29, 0.717) is 27.7 Å². The molecule has 0 atom stereocenters. The predicted molar refractivity (Wildman–Crippen MR) is 137 cm³/mol. The highest BCUT2D eigenvalue weighted by Crippen LogP contribution is 2.55. The predicted octanol–water partition coefficient (Wildman–Crippen LogP) is 5.78. The van der Waals surface area contributed by atoms with Crippen LogP contribution in [0.3, 0.4) is 0 Å². The van der Waals surface area contributed by atoms with Gasteiger partial charge in [-0.15, -0.1) is 0 Å². The Kier molecular flexibility index (Phi) is 5.40. The van der Waals surface area contributed by atoms with E-state index in [4.69, 9.17) is 27.9 Å². The van der Waals surface area contributed by atoms with Crippen LogP contribution in [0.2, 0.25) is 10.0 Å². The van der Waals surface area contributed by atoms with Gasteiger partial charge in [0.15, 0.2) is 6.73 Å². The molecule has 0 saturated heterocycles. The van der Waals surface area contributed by atoms with Crippen LogP contribution in [-0.4, -0.2) is 40.1 Å². The molecule has 180 valence electrons.